The summed E-state index contributed by atoms with van der Waals surface area (Å²) in [6.07, 6.45) is 6.08. The van der Waals surface area contributed by atoms with Crippen LogP contribution >= 0.6 is 23.4 Å². The lowest BCUT2D eigenvalue weighted by atomic mass is 10.3. The third kappa shape index (κ3) is 4.00. The van der Waals surface area contributed by atoms with E-state index in [2.05, 4.69) is 25.8 Å². The number of thioether (sulfide) groups is 1. The number of hydrogen-bond donors (Lipinski definition) is 1. The molecule has 0 spiro atoms. The molecule has 1 fully saturated rings. The maximum atomic E-state index is 12.3. The first kappa shape index (κ1) is 16.2. The minimum atomic E-state index is -0.335. The quantitative estimate of drug-likeness (QED) is 0.832. The van der Waals surface area contributed by atoms with Crippen LogP contribution in [0, 0.1) is 0 Å². The predicted octanol–water partition coefficient (Wildman–Crippen LogP) is 2.96. The molecule has 1 aliphatic rings. The summed E-state index contributed by atoms with van der Waals surface area (Å²) >= 11 is 7.14. The van der Waals surface area contributed by atoms with Gasteiger partial charge < -0.3 is 5.32 Å². The zero-order valence-corrected chi connectivity index (χ0v) is 14.2. The monoisotopic (exact) mass is 352 g/mol. The molecule has 122 valence electrons. The molecular formula is C14H17ClN6OS. The van der Waals surface area contributed by atoms with E-state index >= 15 is 0 Å². The van der Waals surface area contributed by atoms with Crippen LogP contribution in [0.2, 0.25) is 5.02 Å². The highest BCUT2D eigenvalue weighted by Crippen LogP contribution is 2.32. The summed E-state index contributed by atoms with van der Waals surface area (Å²) in [5.74, 6) is 0.327. The normalized spacial score (nSPS) is 16.4. The summed E-state index contributed by atoms with van der Waals surface area (Å²) in [4.78, 5) is 16.3. The topological polar surface area (TPSA) is 85.6 Å². The van der Waals surface area contributed by atoms with Gasteiger partial charge in [-0.3, -0.25) is 4.79 Å². The molecule has 23 heavy (non-hydrogen) atoms. The van der Waals surface area contributed by atoms with Crippen molar-refractivity contribution >= 4 is 35.1 Å². The Hall–Kier alpha value is -1.67. The fourth-order valence-electron chi connectivity index (χ4n) is 2.53. The van der Waals surface area contributed by atoms with Crippen molar-refractivity contribution in [1.82, 2.24) is 25.2 Å². The van der Waals surface area contributed by atoms with Crippen molar-refractivity contribution in [2.24, 2.45) is 0 Å². The van der Waals surface area contributed by atoms with E-state index in [4.69, 9.17) is 11.6 Å². The second kappa shape index (κ2) is 7.27. The number of nitrogens with zero attached hydrogens (tertiary/aromatic N) is 5. The summed E-state index contributed by atoms with van der Waals surface area (Å²) in [6.45, 7) is 1.82. The fourth-order valence-corrected chi connectivity index (χ4v) is 3.50. The van der Waals surface area contributed by atoms with Crippen LogP contribution in [0.1, 0.15) is 38.6 Å². The van der Waals surface area contributed by atoms with Crippen LogP contribution in [-0.2, 0) is 4.79 Å². The number of carbonyl (C=O) groups excluding carboxylic acids is 1. The van der Waals surface area contributed by atoms with Gasteiger partial charge in [-0.15, -0.1) is 5.10 Å². The maximum absolute atomic E-state index is 12.3. The lowest BCUT2D eigenvalue weighted by Crippen LogP contribution is -2.23. The molecule has 3 rings (SSSR count). The van der Waals surface area contributed by atoms with E-state index in [1.165, 1.54) is 30.8 Å². The highest BCUT2D eigenvalue weighted by atomic mass is 35.5. The van der Waals surface area contributed by atoms with Crippen LogP contribution in [0.3, 0.4) is 0 Å². The number of anilines is 1. The van der Waals surface area contributed by atoms with Crippen LogP contribution in [0.5, 0.6) is 0 Å². The van der Waals surface area contributed by atoms with E-state index in [9.17, 15) is 4.79 Å². The van der Waals surface area contributed by atoms with Crippen molar-refractivity contribution < 1.29 is 4.79 Å². The summed E-state index contributed by atoms with van der Waals surface area (Å²) in [5.41, 5.74) is 0. The number of carbonyl (C=O) groups is 1. The molecule has 2 aromatic heterocycles. The van der Waals surface area contributed by atoms with E-state index in [1.807, 2.05) is 11.6 Å². The van der Waals surface area contributed by atoms with Gasteiger partial charge in [-0.25, -0.2) is 9.67 Å². The van der Waals surface area contributed by atoms with E-state index in [1.54, 1.807) is 12.1 Å². The second-order valence-corrected chi connectivity index (χ2v) is 7.20. The SMILES string of the molecule is CC(Sc1nnnn1C1CCCC1)C(=O)Nc1ccc(Cl)cn1. The summed E-state index contributed by atoms with van der Waals surface area (Å²) < 4.78 is 1.85. The van der Waals surface area contributed by atoms with Crippen LogP contribution in [0.4, 0.5) is 5.82 Å². The Morgan fingerprint density at radius 1 is 1.43 bits per heavy atom. The van der Waals surface area contributed by atoms with Gasteiger partial charge in [0.15, 0.2) is 0 Å². The molecule has 0 radical (unpaired) electrons. The molecule has 2 aromatic rings. The van der Waals surface area contributed by atoms with E-state index in [-0.39, 0.29) is 11.2 Å². The zero-order chi connectivity index (χ0) is 16.2. The minimum Gasteiger partial charge on any atom is -0.310 e. The molecule has 1 saturated carbocycles. The average molecular weight is 353 g/mol. The molecule has 9 heteroatoms. The number of rotatable bonds is 5. The first-order valence-corrected chi connectivity index (χ1v) is 8.76. The molecule has 7 nitrogen and oxygen atoms in total. The van der Waals surface area contributed by atoms with Crippen molar-refractivity contribution in [1.29, 1.82) is 0 Å². The zero-order valence-electron chi connectivity index (χ0n) is 12.6. The number of amides is 1. The Labute approximate surface area is 143 Å². The van der Waals surface area contributed by atoms with Crippen molar-refractivity contribution in [2.45, 2.75) is 49.1 Å². The number of tetrazole rings is 1. The fraction of sp³-hybridized carbons (Fsp3) is 0.500. The van der Waals surface area contributed by atoms with Gasteiger partial charge in [0.25, 0.3) is 0 Å². The van der Waals surface area contributed by atoms with Crippen LogP contribution in [0.15, 0.2) is 23.5 Å². The van der Waals surface area contributed by atoms with Crippen molar-refractivity contribution in [3.8, 4) is 0 Å². The van der Waals surface area contributed by atoms with Gasteiger partial charge in [0.1, 0.15) is 5.82 Å². The van der Waals surface area contributed by atoms with Gasteiger partial charge in [-0.2, -0.15) is 0 Å². The third-order valence-corrected chi connectivity index (χ3v) is 5.03. The van der Waals surface area contributed by atoms with E-state index in [0.29, 0.717) is 22.0 Å². The molecule has 1 amide bonds. The molecule has 0 saturated heterocycles. The summed E-state index contributed by atoms with van der Waals surface area (Å²) in [6, 6.07) is 3.70. The van der Waals surface area contributed by atoms with Gasteiger partial charge in [-0.05, 0) is 42.3 Å². The molecule has 0 bridgehead atoms. The molecule has 1 unspecified atom stereocenters. The molecular weight excluding hydrogens is 336 g/mol. The Balaban J connectivity index is 1.62. The Morgan fingerprint density at radius 3 is 2.91 bits per heavy atom. The third-order valence-electron chi connectivity index (χ3n) is 3.76. The Kier molecular flexibility index (Phi) is 5.12. The number of aromatic nitrogens is 5. The van der Waals surface area contributed by atoms with Gasteiger partial charge in [0.2, 0.25) is 11.1 Å². The second-order valence-electron chi connectivity index (χ2n) is 5.46. The number of pyridine rings is 1. The van der Waals surface area contributed by atoms with Crippen molar-refractivity contribution in [3.63, 3.8) is 0 Å². The molecule has 0 aliphatic heterocycles. The number of halogens is 1. The standard InChI is InChI=1S/C14H17ClN6OS/c1-9(13(22)17-12-7-6-10(15)8-16-12)23-14-18-19-20-21(14)11-4-2-3-5-11/h6-9,11H,2-5H2,1H3,(H,16,17,22). The lowest BCUT2D eigenvalue weighted by Gasteiger charge is -2.14. The first-order chi connectivity index (χ1) is 11.1. The van der Waals surface area contributed by atoms with Crippen molar-refractivity contribution in [2.75, 3.05) is 5.32 Å². The maximum Gasteiger partial charge on any atom is 0.238 e. The van der Waals surface area contributed by atoms with Crippen molar-refractivity contribution in [3.05, 3.63) is 23.4 Å². The highest BCUT2D eigenvalue weighted by Gasteiger charge is 2.24. The first-order valence-electron chi connectivity index (χ1n) is 7.50. The van der Waals surface area contributed by atoms with Gasteiger partial charge in [0.05, 0.1) is 16.3 Å². The number of nitrogens with one attached hydrogen (secondary N) is 1. The van der Waals surface area contributed by atoms with Crippen LogP contribution in [0.25, 0.3) is 0 Å². The summed E-state index contributed by atoms with van der Waals surface area (Å²) in [5, 5.41) is 15.5. The molecule has 2 heterocycles. The highest BCUT2D eigenvalue weighted by molar-refractivity contribution is 8.00. The minimum absolute atomic E-state index is 0.147. The van der Waals surface area contributed by atoms with Gasteiger partial charge in [0, 0.05) is 6.20 Å². The molecule has 1 aliphatic carbocycles. The Morgan fingerprint density at radius 2 is 2.22 bits per heavy atom. The van der Waals surface area contributed by atoms with Crippen LogP contribution < -0.4 is 5.32 Å². The molecule has 0 aromatic carbocycles. The lowest BCUT2D eigenvalue weighted by molar-refractivity contribution is -0.115. The Bertz CT molecular complexity index is 670. The van der Waals surface area contributed by atoms with Gasteiger partial charge >= 0.3 is 0 Å². The van der Waals surface area contributed by atoms with E-state index < -0.39 is 0 Å². The van der Waals surface area contributed by atoms with Gasteiger partial charge in [-0.1, -0.05) is 36.2 Å². The van der Waals surface area contributed by atoms with E-state index in [0.717, 1.165) is 12.8 Å². The van der Waals surface area contributed by atoms with Crippen LogP contribution in [-0.4, -0.2) is 36.3 Å². The molecule has 1 atom stereocenters. The average Bonchev–Trinajstić information content (AvgIpc) is 3.20. The summed E-state index contributed by atoms with van der Waals surface area (Å²) in [7, 11) is 0. The largest absolute Gasteiger partial charge is 0.310 e. The molecule has 1 N–H and O–H groups in total. The smallest absolute Gasteiger partial charge is 0.238 e. The predicted molar refractivity (Wildman–Crippen MR) is 88.5 cm³/mol. The number of hydrogen-bond acceptors (Lipinski definition) is 6.